The number of hydrogen-bond acceptors (Lipinski definition) is 2. The molecule has 0 amide bonds. The van der Waals surface area contributed by atoms with Crippen LogP contribution >= 0.6 is 23.2 Å². The minimum Gasteiger partial charge on any atom is -0.379 e. The maximum Gasteiger partial charge on any atom is 0.163 e. The molecule has 0 N–H and O–H groups in total. The van der Waals surface area contributed by atoms with Gasteiger partial charge in [0.25, 0.3) is 0 Å². The van der Waals surface area contributed by atoms with Crippen molar-refractivity contribution in [3.63, 3.8) is 0 Å². The Kier molecular flexibility index (Phi) is 4.99. The van der Waals surface area contributed by atoms with E-state index in [0.29, 0.717) is 28.5 Å². The van der Waals surface area contributed by atoms with E-state index in [9.17, 15) is 4.79 Å². The number of methoxy groups -OCH3 is 1. The molecule has 0 fully saturated rings. The van der Waals surface area contributed by atoms with E-state index in [1.54, 1.807) is 25.3 Å². The quantitative estimate of drug-likeness (QED) is 0.745. The van der Waals surface area contributed by atoms with Crippen LogP contribution in [-0.4, -0.2) is 18.5 Å². The molecule has 4 heteroatoms. The van der Waals surface area contributed by atoms with Crippen molar-refractivity contribution in [2.45, 2.75) is 32.3 Å². The molecule has 0 saturated heterocycles. The zero-order valence-corrected chi connectivity index (χ0v) is 11.7. The molecule has 1 rings (SSSR count). The Labute approximate surface area is 112 Å². The van der Waals surface area contributed by atoms with Crippen LogP contribution in [0.25, 0.3) is 0 Å². The van der Waals surface area contributed by atoms with Crippen LogP contribution in [0.2, 0.25) is 10.0 Å². The van der Waals surface area contributed by atoms with Crippen molar-refractivity contribution in [2.24, 2.45) is 0 Å². The number of hydrogen-bond donors (Lipinski definition) is 0. The first kappa shape index (κ1) is 14.5. The third-order valence-electron chi connectivity index (χ3n) is 2.75. The maximum atomic E-state index is 11.9. The number of benzene rings is 1. The summed E-state index contributed by atoms with van der Waals surface area (Å²) in [5, 5.41) is 0.865. The SMILES string of the molecule is COC(C)(C)CCC(=O)c1ccc(Cl)c(Cl)c1. The molecule has 0 aliphatic carbocycles. The van der Waals surface area contributed by atoms with Crippen molar-refractivity contribution in [1.29, 1.82) is 0 Å². The highest BCUT2D eigenvalue weighted by Crippen LogP contribution is 2.24. The number of Topliss-reactive ketones (excluding diaryl/α,β-unsaturated/α-hetero) is 1. The summed E-state index contributed by atoms with van der Waals surface area (Å²) < 4.78 is 5.27. The number of ether oxygens (including phenoxy) is 1. The fraction of sp³-hybridized carbons (Fsp3) is 0.462. The van der Waals surface area contributed by atoms with Gasteiger partial charge in [0.1, 0.15) is 0 Å². The molecule has 0 aromatic heterocycles. The minimum atomic E-state index is -0.286. The van der Waals surface area contributed by atoms with Crippen LogP contribution in [0.4, 0.5) is 0 Å². The monoisotopic (exact) mass is 274 g/mol. The summed E-state index contributed by atoms with van der Waals surface area (Å²) in [7, 11) is 1.64. The van der Waals surface area contributed by atoms with Gasteiger partial charge in [-0.15, -0.1) is 0 Å². The van der Waals surface area contributed by atoms with Gasteiger partial charge < -0.3 is 4.74 Å². The third kappa shape index (κ3) is 4.30. The fourth-order valence-corrected chi connectivity index (χ4v) is 1.63. The molecule has 2 nitrogen and oxygen atoms in total. The molecule has 0 aliphatic rings. The zero-order valence-electron chi connectivity index (χ0n) is 10.2. The summed E-state index contributed by atoms with van der Waals surface area (Å²) in [4.78, 5) is 11.9. The molecule has 0 aliphatic heterocycles. The number of rotatable bonds is 5. The topological polar surface area (TPSA) is 26.3 Å². The first-order valence-corrected chi connectivity index (χ1v) is 6.15. The van der Waals surface area contributed by atoms with Crippen molar-refractivity contribution in [2.75, 3.05) is 7.11 Å². The highest BCUT2D eigenvalue weighted by Gasteiger charge is 2.18. The Bertz CT molecular complexity index is 414. The number of halogens is 2. The molecule has 17 heavy (non-hydrogen) atoms. The van der Waals surface area contributed by atoms with Crippen molar-refractivity contribution in [3.05, 3.63) is 33.8 Å². The van der Waals surface area contributed by atoms with Crippen molar-refractivity contribution in [1.82, 2.24) is 0 Å². The number of ketones is 1. The van der Waals surface area contributed by atoms with Crippen LogP contribution in [0.3, 0.4) is 0 Å². The van der Waals surface area contributed by atoms with Crippen molar-refractivity contribution < 1.29 is 9.53 Å². The summed E-state index contributed by atoms with van der Waals surface area (Å²) in [6.07, 6.45) is 1.10. The van der Waals surface area contributed by atoms with E-state index in [1.165, 1.54) is 0 Å². The molecule has 0 atom stereocenters. The second-order valence-corrected chi connectivity index (χ2v) is 5.33. The van der Waals surface area contributed by atoms with E-state index in [4.69, 9.17) is 27.9 Å². The molecule has 0 spiro atoms. The Morgan fingerprint density at radius 2 is 1.94 bits per heavy atom. The van der Waals surface area contributed by atoms with Crippen LogP contribution < -0.4 is 0 Å². The third-order valence-corrected chi connectivity index (χ3v) is 3.49. The molecule has 1 aromatic rings. The highest BCUT2D eigenvalue weighted by molar-refractivity contribution is 6.42. The molecule has 0 bridgehead atoms. The van der Waals surface area contributed by atoms with Gasteiger partial charge in [0, 0.05) is 19.1 Å². The molecule has 0 unspecified atom stereocenters. The van der Waals surface area contributed by atoms with E-state index >= 15 is 0 Å². The average Bonchev–Trinajstić information content (AvgIpc) is 2.30. The summed E-state index contributed by atoms with van der Waals surface area (Å²) in [6, 6.07) is 4.93. The van der Waals surface area contributed by atoms with Crippen LogP contribution in [0.1, 0.15) is 37.0 Å². The standard InChI is InChI=1S/C13H16Cl2O2/c1-13(2,17-3)7-6-12(16)9-4-5-10(14)11(15)8-9/h4-5,8H,6-7H2,1-3H3. The highest BCUT2D eigenvalue weighted by atomic mass is 35.5. The van der Waals surface area contributed by atoms with Gasteiger partial charge >= 0.3 is 0 Å². The lowest BCUT2D eigenvalue weighted by Crippen LogP contribution is -2.23. The maximum absolute atomic E-state index is 11.9. The summed E-state index contributed by atoms with van der Waals surface area (Å²) in [5.41, 5.74) is 0.303. The second kappa shape index (κ2) is 5.85. The first-order chi connectivity index (χ1) is 7.85. The number of carbonyl (C=O) groups excluding carboxylic acids is 1. The molecule has 94 valence electrons. The molecule has 0 heterocycles. The van der Waals surface area contributed by atoms with Crippen LogP contribution in [-0.2, 0) is 4.74 Å². The minimum absolute atomic E-state index is 0.0497. The second-order valence-electron chi connectivity index (χ2n) is 4.52. The molecule has 0 radical (unpaired) electrons. The Morgan fingerprint density at radius 3 is 2.47 bits per heavy atom. The Hall–Kier alpha value is -0.570. The van der Waals surface area contributed by atoms with E-state index in [-0.39, 0.29) is 11.4 Å². The van der Waals surface area contributed by atoms with Crippen molar-refractivity contribution >= 4 is 29.0 Å². The fourth-order valence-electron chi connectivity index (χ4n) is 1.33. The summed E-state index contributed by atoms with van der Waals surface area (Å²) in [5.74, 6) is 0.0497. The van der Waals surface area contributed by atoms with Gasteiger partial charge in [-0.3, -0.25) is 4.79 Å². The van der Waals surface area contributed by atoms with Gasteiger partial charge in [-0.2, -0.15) is 0 Å². The van der Waals surface area contributed by atoms with E-state index in [0.717, 1.165) is 0 Å². The first-order valence-electron chi connectivity index (χ1n) is 5.39. The molecular formula is C13H16Cl2O2. The van der Waals surface area contributed by atoms with Crippen molar-refractivity contribution in [3.8, 4) is 0 Å². The summed E-state index contributed by atoms with van der Waals surface area (Å²) >= 11 is 11.7. The number of carbonyl (C=O) groups is 1. The van der Waals surface area contributed by atoms with Gasteiger partial charge in [0.15, 0.2) is 5.78 Å². The van der Waals surface area contributed by atoms with Gasteiger partial charge in [0.2, 0.25) is 0 Å². The Morgan fingerprint density at radius 1 is 1.29 bits per heavy atom. The van der Waals surface area contributed by atoms with Gasteiger partial charge in [-0.05, 0) is 38.5 Å². The molecule has 0 saturated carbocycles. The van der Waals surface area contributed by atoms with E-state index in [1.807, 2.05) is 13.8 Å². The van der Waals surface area contributed by atoms with E-state index < -0.39 is 0 Å². The lowest BCUT2D eigenvalue weighted by Gasteiger charge is -2.22. The average molecular weight is 275 g/mol. The van der Waals surface area contributed by atoms with Crippen LogP contribution in [0.5, 0.6) is 0 Å². The molecular weight excluding hydrogens is 259 g/mol. The summed E-state index contributed by atoms with van der Waals surface area (Å²) in [6.45, 7) is 3.91. The van der Waals surface area contributed by atoms with Crippen LogP contribution in [0, 0.1) is 0 Å². The smallest absolute Gasteiger partial charge is 0.163 e. The predicted octanol–water partition coefficient (Wildman–Crippen LogP) is 4.38. The zero-order chi connectivity index (χ0) is 13.1. The van der Waals surface area contributed by atoms with E-state index in [2.05, 4.69) is 0 Å². The lowest BCUT2D eigenvalue weighted by molar-refractivity contribution is 0.0141. The molecule has 1 aromatic carbocycles. The predicted molar refractivity (Wildman–Crippen MR) is 71.1 cm³/mol. The lowest BCUT2D eigenvalue weighted by atomic mass is 9.98. The van der Waals surface area contributed by atoms with Gasteiger partial charge in [-0.1, -0.05) is 23.2 Å². The largest absolute Gasteiger partial charge is 0.379 e. The normalized spacial score (nSPS) is 11.6. The van der Waals surface area contributed by atoms with Gasteiger partial charge in [0.05, 0.1) is 15.6 Å². The Balaban J connectivity index is 2.68. The van der Waals surface area contributed by atoms with Gasteiger partial charge in [-0.25, -0.2) is 0 Å². The van der Waals surface area contributed by atoms with Crippen LogP contribution in [0.15, 0.2) is 18.2 Å².